The maximum atomic E-state index is 13.1. The second kappa shape index (κ2) is 7.40. The lowest BCUT2D eigenvalue weighted by molar-refractivity contribution is -0.127. The summed E-state index contributed by atoms with van der Waals surface area (Å²) in [5.74, 6) is 0.501. The number of ether oxygens (including phenoxy) is 1. The lowest BCUT2D eigenvalue weighted by atomic mass is 9.96. The first-order chi connectivity index (χ1) is 12.8. The fourth-order valence-corrected chi connectivity index (χ4v) is 3.30. The topological polar surface area (TPSA) is 61.9 Å². The van der Waals surface area contributed by atoms with E-state index in [9.17, 15) is 9.59 Å². The Balaban J connectivity index is 1.76. The number of amides is 2. The van der Waals surface area contributed by atoms with Gasteiger partial charge in [0.15, 0.2) is 0 Å². The molecule has 0 unspecified atom stereocenters. The van der Waals surface area contributed by atoms with Gasteiger partial charge < -0.3 is 10.1 Å². The summed E-state index contributed by atoms with van der Waals surface area (Å²) in [6.07, 6.45) is 0. The Labute approximate surface area is 159 Å². The quantitative estimate of drug-likeness (QED) is 0.883. The molecule has 2 aromatic carbocycles. The van der Waals surface area contributed by atoms with Crippen LogP contribution in [-0.2, 0) is 16.1 Å². The minimum absolute atomic E-state index is 0.113. The standard InChI is InChI=1S/C21H25N3O3/c1-21(2)20(26)22-17-7-5-6-8-18(17)24(21)19(25)14-23(3)13-15-9-11-16(27-4)12-10-15/h5-12H,13-14H2,1-4H3,(H,22,26). The lowest BCUT2D eigenvalue weighted by Crippen LogP contribution is -2.60. The molecule has 6 heteroatoms. The number of fused-ring (bicyclic) bond motifs is 1. The molecule has 0 saturated heterocycles. The van der Waals surface area contributed by atoms with E-state index in [1.807, 2.05) is 60.5 Å². The van der Waals surface area contributed by atoms with Crippen LogP contribution in [0.25, 0.3) is 0 Å². The molecule has 0 aliphatic carbocycles. The van der Waals surface area contributed by atoms with Gasteiger partial charge in [-0.25, -0.2) is 0 Å². The fraction of sp³-hybridized carbons (Fsp3) is 0.333. The third-order valence-electron chi connectivity index (χ3n) is 4.77. The summed E-state index contributed by atoms with van der Waals surface area (Å²) in [4.78, 5) is 29.2. The Morgan fingerprint density at radius 1 is 1.15 bits per heavy atom. The highest BCUT2D eigenvalue weighted by molar-refractivity contribution is 6.14. The Morgan fingerprint density at radius 3 is 2.48 bits per heavy atom. The van der Waals surface area contributed by atoms with E-state index in [4.69, 9.17) is 4.74 Å². The van der Waals surface area contributed by atoms with Gasteiger partial charge in [-0.15, -0.1) is 0 Å². The van der Waals surface area contributed by atoms with Gasteiger partial charge in [-0.05, 0) is 50.7 Å². The summed E-state index contributed by atoms with van der Waals surface area (Å²) in [6, 6.07) is 15.1. The molecule has 1 aliphatic rings. The first kappa shape index (κ1) is 18.9. The lowest BCUT2D eigenvalue weighted by Gasteiger charge is -2.42. The van der Waals surface area contributed by atoms with Crippen LogP contribution in [0.15, 0.2) is 48.5 Å². The molecular formula is C21H25N3O3. The van der Waals surface area contributed by atoms with Gasteiger partial charge in [0.25, 0.3) is 0 Å². The van der Waals surface area contributed by atoms with E-state index in [-0.39, 0.29) is 18.4 Å². The largest absolute Gasteiger partial charge is 0.497 e. The van der Waals surface area contributed by atoms with Gasteiger partial charge in [0.1, 0.15) is 11.3 Å². The summed E-state index contributed by atoms with van der Waals surface area (Å²) in [7, 11) is 3.53. The number of nitrogens with zero attached hydrogens (tertiary/aromatic N) is 2. The fourth-order valence-electron chi connectivity index (χ4n) is 3.30. The van der Waals surface area contributed by atoms with E-state index in [2.05, 4.69) is 5.32 Å². The minimum atomic E-state index is -0.952. The molecule has 0 aromatic heterocycles. The van der Waals surface area contributed by atoms with Crippen LogP contribution in [-0.4, -0.2) is 43.0 Å². The number of hydrogen-bond donors (Lipinski definition) is 1. The molecule has 27 heavy (non-hydrogen) atoms. The van der Waals surface area contributed by atoms with Crippen molar-refractivity contribution in [1.82, 2.24) is 4.90 Å². The number of rotatable bonds is 5. The molecule has 0 atom stereocenters. The Kier molecular flexibility index (Phi) is 5.19. The second-order valence-corrected chi connectivity index (χ2v) is 7.28. The van der Waals surface area contributed by atoms with Crippen molar-refractivity contribution in [3.05, 3.63) is 54.1 Å². The molecule has 1 N–H and O–H groups in total. The van der Waals surface area contributed by atoms with Crippen molar-refractivity contribution in [2.75, 3.05) is 30.9 Å². The third-order valence-corrected chi connectivity index (χ3v) is 4.77. The average molecular weight is 367 g/mol. The van der Waals surface area contributed by atoms with Gasteiger partial charge in [-0.1, -0.05) is 24.3 Å². The maximum absolute atomic E-state index is 13.1. The summed E-state index contributed by atoms with van der Waals surface area (Å²) >= 11 is 0. The average Bonchev–Trinajstić information content (AvgIpc) is 2.63. The van der Waals surface area contributed by atoms with Gasteiger partial charge in [-0.2, -0.15) is 0 Å². The van der Waals surface area contributed by atoms with Crippen LogP contribution in [0.1, 0.15) is 19.4 Å². The van der Waals surface area contributed by atoms with E-state index in [0.29, 0.717) is 12.2 Å². The second-order valence-electron chi connectivity index (χ2n) is 7.28. The van der Waals surface area contributed by atoms with Crippen LogP contribution in [0.4, 0.5) is 11.4 Å². The monoisotopic (exact) mass is 367 g/mol. The molecule has 6 nitrogen and oxygen atoms in total. The molecule has 1 aliphatic heterocycles. The SMILES string of the molecule is COc1ccc(CN(C)CC(=O)N2c3ccccc3NC(=O)C2(C)C)cc1. The molecule has 0 fully saturated rings. The Bertz CT molecular complexity index is 846. The molecule has 0 bridgehead atoms. The van der Waals surface area contributed by atoms with Crippen molar-refractivity contribution in [2.45, 2.75) is 25.9 Å². The van der Waals surface area contributed by atoms with Gasteiger partial charge in [0.2, 0.25) is 11.8 Å². The van der Waals surface area contributed by atoms with Crippen molar-refractivity contribution >= 4 is 23.2 Å². The molecule has 0 radical (unpaired) electrons. The van der Waals surface area contributed by atoms with Crippen LogP contribution in [0.2, 0.25) is 0 Å². The number of carbonyl (C=O) groups is 2. The number of nitrogens with one attached hydrogen (secondary N) is 1. The molecule has 1 heterocycles. The van der Waals surface area contributed by atoms with Crippen molar-refractivity contribution in [1.29, 1.82) is 0 Å². The highest BCUT2D eigenvalue weighted by Crippen LogP contribution is 2.36. The number of benzene rings is 2. The summed E-state index contributed by atoms with van der Waals surface area (Å²) in [5, 5.41) is 2.88. The smallest absolute Gasteiger partial charge is 0.250 e. The maximum Gasteiger partial charge on any atom is 0.250 e. The molecule has 142 valence electrons. The summed E-state index contributed by atoms with van der Waals surface area (Å²) < 4.78 is 5.17. The van der Waals surface area contributed by atoms with Crippen molar-refractivity contribution in [2.24, 2.45) is 0 Å². The van der Waals surface area contributed by atoms with Crippen LogP contribution >= 0.6 is 0 Å². The number of anilines is 2. The molecular weight excluding hydrogens is 342 g/mol. The van der Waals surface area contributed by atoms with Gasteiger partial charge in [-0.3, -0.25) is 19.4 Å². The predicted molar refractivity (Wildman–Crippen MR) is 106 cm³/mol. The Morgan fingerprint density at radius 2 is 1.81 bits per heavy atom. The van der Waals surface area contributed by atoms with Crippen LogP contribution in [0, 0.1) is 0 Å². The number of hydrogen-bond acceptors (Lipinski definition) is 4. The van der Waals surface area contributed by atoms with E-state index in [1.54, 1.807) is 25.9 Å². The first-order valence-electron chi connectivity index (χ1n) is 8.88. The third kappa shape index (κ3) is 3.80. The van der Waals surface area contributed by atoms with Gasteiger partial charge in [0, 0.05) is 6.54 Å². The molecule has 2 amide bonds. The molecule has 2 aromatic rings. The van der Waals surface area contributed by atoms with E-state index in [1.165, 1.54) is 0 Å². The van der Waals surface area contributed by atoms with E-state index >= 15 is 0 Å². The zero-order valence-corrected chi connectivity index (χ0v) is 16.2. The highest BCUT2D eigenvalue weighted by atomic mass is 16.5. The normalized spacial score (nSPS) is 15.3. The predicted octanol–water partition coefficient (Wildman–Crippen LogP) is 2.89. The van der Waals surface area contributed by atoms with Gasteiger partial charge >= 0.3 is 0 Å². The van der Waals surface area contributed by atoms with Gasteiger partial charge in [0.05, 0.1) is 25.0 Å². The number of carbonyl (C=O) groups excluding carboxylic acids is 2. The molecule has 3 rings (SSSR count). The summed E-state index contributed by atoms with van der Waals surface area (Å²) in [6.45, 7) is 4.36. The zero-order valence-electron chi connectivity index (χ0n) is 16.2. The van der Waals surface area contributed by atoms with Crippen LogP contribution < -0.4 is 15.0 Å². The number of likely N-dealkylation sites (N-methyl/N-ethyl adjacent to an activating group) is 1. The number of methoxy groups -OCH3 is 1. The highest BCUT2D eigenvalue weighted by Gasteiger charge is 2.43. The first-order valence-corrected chi connectivity index (χ1v) is 8.88. The Hall–Kier alpha value is -2.86. The molecule has 0 saturated carbocycles. The zero-order chi connectivity index (χ0) is 19.6. The van der Waals surface area contributed by atoms with Crippen molar-refractivity contribution < 1.29 is 14.3 Å². The van der Waals surface area contributed by atoms with Crippen molar-refractivity contribution in [3.63, 3.8) is 0 Å². The van der Waals surface area contributed by atoms with Crippen LogP contribution in [0.5, 0.6) is 5.75 Å². The number of para-hydroxylation sites is 2. The summed E-state index contributed by atoms with van der Waals surface area (Å²) in [5.41, 5.74) is 1.52. The van der Waals surface area contributed by atoms with Crippen molar-refractivity contribution in [3.8, 4) is 5.75 Å². The minimum Gasteiger partial charge on any atom is -0.497 e. The van der Waals surface area contributed by atoms with E-state index < -0.39 is 5.54 Å². The van der Waals surface area contributed by atoms with Crippen LogP contribution in [0.3, 0.4) is 0 Å². The molecule has 0 spiro atoms. The van der Waals surface area contributed by atoms with E-state index in [0.717, 1.165) is 17.0 Å².